The Morgan fingerprint density at radius 2 is 1.60 bits per heavy atom. The molecule has 0 aromatic carbocycles. The average molecular weight is 216 g/mol. The van der Waals surface area contributed by atoms with Gasteiger partial charge in [0.25, 0.3) is 0 Å². The average Bonchev–Trinajstić information content (AvgIpc) is 2.26. The molecule has 0 atom stereocenters. The van der Waals surface area contributed by atoms with Crippen LogP contribution in [0.4, 0.5) is 0 Å². The van der Waals surface area contributed by atoms with Gasteiger partial charge in [-0.3, -0.25) is 0 Å². The normalized spacial score (nSPS) is 10.8. The molecule has 3 N–H and O–H groups in total. The molecule has 0 aromatic heterocycles. The predicted molar refractivity (Wildman–Crippen MR) is 66.1 cm³/mol. The summed E-state index contributed by atoms with van der Waals surface area (Å²) >= 11 is 0. The summed E-state index contributed by atoms with van der Waals surface area (Å²) in [5.74, 6) is 0. The second-order valence-corrected chi connectivity index (χ2v) is 3.92. The summed E-state index contributed by atoms with van der Waals surface area (Å²) in [5.41, 5.74) is 5.40. The lowest BCUT2D eigenvalue weighted by molar-refractivity contribution is 0.127. The zero-order valence-electron chi connectivity index (χ0n) is 10.3. The minimum Gasteiger partial charge on any atom is -0.381 e. The van der Waals surface area contributed by atoms with E-state index in [0.29, 0.717) is 0 Å². The Kier molecular flexibility index (Phi) is 13.8. The number of nitrogens with two attached hydrogens (primary N) is 1. The van der Waals surface area contributed by atoms with Crippen molar-refractivity contribution in [1.82, 2.24) is 5.32 Å². The van der Waals surface area contributed by atoms with E-state index in [1.165, 1.54) is 32.1 Å². The molecule has 0 radical (unpaired) electrons. The molecule has 0 rings (SSSR count). The van der Waals surface area contributed by atoms with Gasteiger partial charge >= 0.3 is 0 Å². The van der Waals surface area contributed by atoms with E-state index < -0.39 is 0 Å². The van der Waals surface area contributed by atoms with Crippen molar-refractivity contribution < 1.29 is 4.74 Å². The molecule has 92 valence electrons. The molecule has 3 nitrogen and oxygen atoms in total. The molecule has 15 heavy (non-hydrogen) atoms. The summed E-state index contributed by atoms with van der Waals surface area (Å²) in [6.07, 6.45) is 7.14. The van der Waals surface area contributed by atoms with Gasteiger partial charge in [0, 0.05) is 13.2 Å². The number of hydrogen-bond donors (Lipinski definition) is 2. The summed E-state index contributed by atoms with van der Waals surface area (Å²) in [6.45, 7) is 7.07. The van der Waals surface area contributed by atoms with Crippen LogP contribution in [-0.4, -0.2) is 32.8 Å². The summed E-state index contributed by atoms with van der Waals surface area (Å²) in [5, 5.41) is 3.41. The first kappa shape index (κ1) is 14.9. The lowest BCUT2D eigenvalue weighted by Crippen LogP contribution is -2.18. The van der Waals surface area contributed by atoms with Crippen molar-refractivity contribution in [3.05, 3.63) is 0 Å². The number of nitrogens with one attached hydrogen (secondary N) is 1. The van der Waals surface area contributed by atoms with Gasteiger partial charge in [0.2, 0.25) is 0 Å². The second kappa shape index (κ2) is 13.9. The molecular formula is C12H28N2O. The van der Waals surface area contributed by atoms with E-state index in [-0.39, 0.29) is 0 Å². The Labute approximate surface area is 94.8 Å². The maximum absolute atomic E-state index is 5.47. The van der Waals surface area contributed by atoms with Gasteiger partial charge in [0.15, 0.2) is 0 Å². The highest BCUT2D eigenvalue weighted by Gasteiger charge is 1.90. The van der Waals surface area contributed by atoms with Gasteiger partial charge in [0.1, 0.15) is 0 Å². The van der Waals surface area contributed by atoms with Gasteiger partial charge in [-0.1, -0.05) is 13.3 Å². The van der Waals surface area contributed by atoms with E-state index >= 15 is 0 Å². The third-order valence-electron chi connectivity index (χ3n) is 2.34. The van der Waals surface area contributed by atoms with Gasteiger partial charge < -0.3 is 15.8 Å². The predicted octanol–water partition coefficient (Wildman–Crippen LogP) is 1.91. The summed E-state index contributed by atoms with van der Waals surface area (Å²) in [6, 6.07) is 0. The molecule has 0 unspecified atom stereocenters. The minimum atomic E-state index is 0.812. The fourth-order valence-corrected chi connectivity index (χ4v) is 1.32. The van der Waals surface area contributed by atoms with Gasteiger partial charge in [-0.15, -0.1) is 0 Å². The smallest absolute Gasteiger partial charge is 0.0466 e. The molecule has 0 aromatic rings. The topological polar surface area (TPSA) is 47.3 Å². The van der Waals surface area contributed by atoms with E-state index in [1.54, 1.807) is 0 Å². The van der Waals surface area contributed by atoms with Crippen molar-refractivity contribution in [3.63, 3.8) is 0 Å². The van der Waals surface area contributed by atoms with Crippen molar-refractivity contribution >= 4 is 0 Å². The standard InChI is InChI=1S/C12H28N2O/c1-2-3-11-15-12-7-6-10-14-9-5-4-8-13/h14H,2-13H2,1H3. The highest BCUT2D eigenvalue weighted by molar-refractivity contribution is 4.49. The Bertz CT molecular complexity index is 97.8. The SMILES string of the molecule is CCCCOCCCCNCCCCN. The van der Waals surface area contributed by atoms with Crippen molar-refractivity contribution in [2.75, 3.05) is 32.8 Å². The Morgan fingerprint density at radius 3 is 2.27 bits per heavy atom. The molecule has 0 heterocycles. The molecule has 0 bridgehead atoms. The molecular weight excluding hydrogens is 188 g/mol. The molecule has 0 saturated carbocycles. The molecule has 0 fully saturated rings. The van der Waals surface area contributed by atoms with Crippen molar-refractivity contribution in [2.24, 2.45) is 5.73 Å². The summed E-state index contributed by atoms with van der Waals surface area (Å²) in [7, 11) is 0. The number of ether oxygens (including phenoxy) is 1. The molecule has 0 saturated heterocycles. The van der Waals surface area contributed by atoms with E-state index in [4.69, 9.17) is 10.5 Å². The Hall–Kier alpha value is -0.120. The first-order valence-electron chi connectivity index (χ1n) is 6.40. The van der Waals surface area contributed by atoms with Crippen LogP contribution in [0.3, 0.4) is 0 Å². The molecule has 3 heteroatoms. The number of unbranched alkanes of at least 4 members (excludes halogenated alkanes) is 3. The molecule has 0 aliphatic heterocycles. The lowest BCUT2D eigenvalue weighted by atomic mass is 10.3. The van der Waals surface area contributed by atoms with Crippen LogP contribution >= 0.6 is 0 Å². The quantitative estimate of drug-likeness (QED) is 0.490. The van der Waals surface area contributed by atoms with E-state index in [0.717, 1.165) is 39.3 Å². The zero-order chi connectivity index (χ0) is 11.2. The third-order valence-corrected chi connectivity index (χ3v) is 2.34. The number of hydrogen-bond acceptors (Lipinski definition) is 3. The Balaban J connectivity index is 2.81. The lowest BCUT2D eigenvalue weighted by Gasteiger charge is -2.05. The van der Waals surface area contributed by atoms with Crippen LogP contribution in [-0.2, 0) is 4.74 Å². The molecule has 0 amide bonds. The fourth-order valence-electron chi connectivity index (χ4n) is 1.32. The first-order chi connectivity index (χ1) is 7.41. The monoisotopic (exact) mass is 216 g/mol. The van der Waals surface area contributed by atoms with E-state index in [9.17, 15) is 0 Å². The van der Waals surface area contributed by atoms with Gasteiger partial charge in [-0.2, -0.15) is 0 Å². The molecule has 0 aliphatic rings. The van der Waals surface area contributed by atoms with Crippen LogP contribution in [0, 0.1) is 0 Å². The highest BCUT2D eigenvalue weighted by Crippen LogP contribution is 1.92. The van der Waals surface area contributed by atoms with Gasteiger partial charge in [-0.05, 0) is 51.7 Å². The molecule has 0 aliphatic carbocycles. The van der Waals surface area contributed by atoms with Crippen LogP contribution in [0.2, 0.25) is 0 Å². The van der Waals surface area contributed by atoms with Crippen LogP contribution in [0.5, 0.6) is 0 Å². The maximum atomic E-state index is 5.47. The van der Waals surface area contributed by atoms with Crippen LogP contribution in [0.25, 0.3) is 0 Å². The second-order valence-electron chi connectivity index (χ2n) is 3.92. The van der Waals surface area contributed by atoms with Crippen molar-refractivity contribution in [2.45, 2.75) is 45.4 Å². The minimum absolute atomic E-state index is 0.812. The van der Waals surface area contributed by atoms with Crippen molar-refractivity contribution in [3.8, 4) is 0 Å². The van der Waals surface area contributed by atoms with E-state index in [2.05, 4.69) is 12.2 Å². The van der Waals surface area contributed by atoms with Gasteiger partial charge in [-0.25, -0.2) is 0 Å². The Morgan fingerprint density at radius 1 is 0.933 bits per heavy atom. The van der Waals surface area contributed by atoms with E-state index in [1.807, 2.05) is 0 Å². The maximum Gasteiger partial charge on any atom is 0.0466 e. The van der Waals surface area contributed by atoms with Crippen LogP contribution in [0.1, 0.15) is 45.4 Å². The molecule has 0 spiro atoms. The van der Waals surface area contributed by atoms with Crippen LogP contribution in [0.15, 0.2) is 0 Å². The summed E-state index contributed by atoms with van der Waals surface area (Å²) < 4.78 is 5.47. The van der Waals surface area contributed by atoms with Crippen molar-refractivity contribution in [1.29, 1.82) is 0 Å². The zero-order valence-corrected chi connectivity index (χ0v) is 10.3. The number of rotatable bonds is 12. The first-order valence-corrected chi connectivity index (χ1v) is 6.40. The fraction of sp³-hybridized carbons (Fsp3) is 1.00. The highest BCUT2D eigenvalue weighted by atomic mass is 16.5. The summed E-state index contributed by atoms with van der Waals surface area (Å²) in [4.78, 5) is 0. The van der Waals surface area contributed by atoms with Crippen LogP contribution < -0.4 is 11.1 Å². The largest absolute Gasteiger partial charge is 0.381 e. The van der Waals surface area contributed by atoms with Gasteiger partial charge in [0.05, 0.1) is 0 Å². The third kappa shape index (κ3) is 13.9.